The Morgan fingerprint density at radius 1 is 1.03 bits per heavy atom. The van der Waals surface area contributed by atoms with Gasteiger partial charge in [0.1, 0.15) is 18.0 Å². The van der Waals surface area contributed by atoms with Crippen molar-refractivity contribution < 1.29 is 23.8 Å². The molecule has 2 amide bonds. The van der Waals surface area contributed by atoms with Crippen LogP contribution in [-0.2, 0) is 14.3 Å². The van der Waals surface area contributed by atoms with Crippen molar-refractivity contribution in [1.29, 1.82) is 0 Å². The number of carbonyl (C=O) groups excluding carboxylic acids is 2. The number of benzene rings is 2. The smallest absolute Gasteiger partial charge is 0.262 e. The topological polar surface area (TPSA) is 83.9 Å². The Kier molecular flexibility index (Phi) is 8.78. The maximum Gasteiger partial charge on any atom is 0.262 e. The van der Waals surface area contributed by atoms with Gasteiger partial charge in [-0.2, -0.15) is 5.10 Å². The van der Waals surface area contributed by atoms with E-state index in [4.69, 9.17) is 19.3 Å². The second kappa shape index (κ2) is 12.6. The van der Waals surface area contributed by atoms with Crippen LogP contribution in [0, 0.1) is 5.92 Å². The zero-order valence-corrected chi connectivity index (χ0v) is 22.9. The van der Waals surface area contributed by atoms with E-state index >= 15 is 0 Å². The van der Waals surface area contributed by atoms with Crippen molar-refractivity contribution in [2.45, 2.75) is 31.7 Å². The lowest BCUT2D eigenvalue weighted by Crippen LogP contribution is -2.49. The summed E-state index contributed by atoms with van der Waals surface area (Å²) in [7, 11) is 3.27. The predicted octanol–water partition coefficient (Wildman–Crippen LogP) is 3.34. The molecule has 39 heavy (non-hydrogen) atoms. The summed E-state index contributed by atoms with van der Waals surface area (Å²) in [5.74, 6) is 1.38. The first-order chi connectivity index (χ1) is 19.1. The van der Waals surface area contributed by atoms with Gasteiger partial charge in [0.05, 0.1) is 39.2 Å². The second-order valence-electron chi connectivity index (χ2n) is 10.3. The van der Waals surface area contributed by atoms with Crippen molar-refractivity contribution in [2.75, 3.05) is 60.2 Å². The molecule has 1 saturated carbocycles. The fourth-order valence-electron chi connectivity index (χ4n) is 5.39. The van der Waals surface area contributed by atoms with Gasteiger partial charge in [0.25, 0.3) is 5.91 Å². The Bertz CT molecular complexity index is 1170. The van der Waals surface area contributed by atoms with Gasteiger partial charge in [-0.3, -0.25) is 14.5 Å². The van der Waals surface area contributed by atoms with Crippen LogP contribution < -0.4 is 9.47 Å². The maximum atomic E-state index is 13.9. The average molecular weight is 535 g/mol. The van der Waals surface area contributed by atoms with Crippen LogP contribution >= 0.6 is 0 Å². The van der Waals surface area contributed by atoms with Crippen molar-refractivity contribution in [3.63, 3.8) is 0 Å². The van der Waals surface area contributed by atoms with Crippen molar-refractivity contribution in [1.82, 2.24) is 14.8 Å². The van der Waals surface area contributed by atoms with Crippen LogP contribution in [0.1, 0.15) is 42.9 Å². The van der Waals surface area contributed by atoms with Gasteiger partial charge in [0.15, 0.2) is 0 Å². The Morgan fingerprint density at radius 2 is 1.77 bits per heavy atom. The second-order valence-corrected chi connectivity index (χ2v) is 10.3. The first-order valence-corrected chi connectivity index (χ1v) is 13.8. The molecule has 1 aliphatic carbocycles. The Labute approximate surface area is 230 Å². The van der Waals surface area contributed by atoms with Crippen LogP contribution in [-0.4, -0.2) is 92.5 Å². The van der Waals surface area contributed by atoms with E-state index in [0.717, 1.165) is 61.5 Å². The molecule has 2 fully saturated rings. The molecule has 3 aliphatic rings. The Hall–Kier alpha value is -3.43. The molecule has 0 N–H and O–H groups in total. The highest BCUT2D eigenvalue weighted by molar-refractivity contribution is 6.03. The number of ether oxygens (including phenoxy) is 3. The number of methoxy groups -OCH3 is 2. The van der Waals surface area contributed by atoms with E-state index in [1.165, 1.54) is 0 Å². The minimum Gasteiger partial charge on any atom is -0.497 e. The molecule has 0 aromatic heterocycles. The maximum absolute atomic E-state index is 13.9. The number of rotatable bonds is 10. The highest BCUT2D eigenvalue weighted by Gasteiger charge is 2.37. The highest BCUT2D eigenvalue weighted by Crippen LogP contribution is 2.38. The Morgan fingerprint density at radius 3 is 2.44 bits per heavy atom. The molecule has 208 valence electrons. The lowest BCUT2D eigenvalue weighted by atomic mass is 9.84. The number of hydrazone groups is 1. The minimum atomic E-state index is -0.328. The lowest BCUT2D eigenvalue weighted by Gasteiger charge is -2.34. The van der Waals surface area contributed by atoms with Crippen LogP contribution in [0.25, 0.3) is 0 Å². The van der Waals surface area contributed by atoms with E-state index < -0.39 is 0 Å². The van der Waals surface area contributed by atoms with Crippen LogP contribution in [0.4, 0.5) is 0 Å². The monoisotopic (exact) mass is 534 g/mol. The van der Waals surface area contributed by atoms with Gasteiger partial charge in [-0.05, 0) is 48.7 Å². The fourth-order valence-corrected chi connectivity index (χ4v) is 5.39. The molecule has 0 radical (unpaired) electrons. The standard InChI is InChI=1S/C30H38N4O5/c1-37-24-12-10-22(11-13-24)26-20-27(25-8-3-4-9-28(25)38-2)34(31-26)29(35)21-33(30(36)23-6-5-7-23)15-14-32-16-18-39-19-17-32/h3-4,8-13,23,27H,5-7,14-21H2,1-2H3. The highest BCUT2D eigenvalue weighted by atomic mass is 16.5. The molecule has 5 rings (SSSR count). The van der Waals surface area contributed by atoms with Crippen LogP contribution in [0.15, 0.2) is 53.6 Å². The number of amides is 2. The van der Waals surface area contributed by atoms with E-state index in [1.54, 1.807) is 24.1 Å². The molecule has 1 unspecified atom stereocenters. The Balaban J connectivity index is 1.39. The summed E-state index contributed by atoms with van der Waals surface area (Å²) in [5, 5.41) is 6.39. The zero-order valence-electron chi connectivity index (χ0n) is 22.9. The molecule has 1 atom stereocenters. The summed E-state index contributed by atoms with van der Waals surface area (Å²) < 4.78 is 16.4. The van der Waals surface area contributed by atoms with Crippen LogP contribution in [0.2, 0.25) is 0 Å². The predicted molar refractivity (Wildman–Crippen MR) is 148 cm³/mol. The van der Waals surface area contributed by atoms with Gasteiger partial charge in [-0.15, -0.1) is 0 Å². The van der Waals surface area contributed by atoms with E-state index in [9.17, 15) is 9.59 Å². The minimum absolute atomic E-state index is 0.00468. The quantitative estimate of drug-likeness (QED) is 0.465. The fraction of sp³-hybridized carbons (Fsp3) is 0.500. The van der Waals surface area contributed by atoms with Crippen molar-refractivity contribution in [3.8, 4) is 11.5 Å². The molecule has 0 bridgehead atoms. The summed E-state index contributed by atoms with van der Waals surface area (Å²) in [6.07, 6.45) is 3.41. The summed E-state index contributed by atoms with van der Waals surface area (Å²) in [6, 6.07) is 15.1. The summed E-state index contributed by atoms with van der Waals surface area (Å²) in [4.78, 5) is 31.4. The molecule has 9 nitrogen and oxygen atoms in total. The first kappa shape index (κ1) is 27.1. The van der Waals surface area contributed by atoms with Crippen LogP contribution in [0.3, 0.4) is 0 Å². The molecule has 2 aliphatic heterocycles. The van der Waals surface area contributed by atoms with Gasteiger partial charge in [0, 0.05) is 44.1 Å². The molecule has 9 heteroatoms. The molecule has 2 aromatic carbocycles. The number of nitrogens with zero attached hydrogens (tertiary/aromatic N) is 4. The molecule has 2 aromatic rings. The number of para-hydroxylation sites is 1. The summed E-state index contributed by atoms with van der Waals surface area (Å²) in [5.41, 5.74) is 2.64. The largest absolute Gasteiger partial charge is 0.497 e. The van der Waals surface area contributed by atoms with E-state index in [-0.39, 0.29) is 30.3 Å². The summed E-state index contributed by atoms with van der Waals surface area (Å²) >= 11 is 0. The van der Waals surface area contributed by atoms with E-state index in [2.05, 4.69) is 4.90 Å². The third-order valence-electron chi connectivity index (χ3n) is 7.97. The lowest BCUT2D eigenvalue weighted by molar-refractivity contribution is -0.145. The van der Waals surface area contributed by atoms with Gasteiger partial charge in [-0.25, -0.2) is 5.01 Å². The number of carbonyl (C=O) groups is 2. The number of hydrogen-bond acceptors (Lipinski definition) is 7. The molecular weight excluding hydrogens is 496 g/mol. The van der Waals surface area contributed by atoms with Gasteiger partial charge in [-0.1, -0.05) is 24.6 Å². The first-order valence-electron chi connectivity index (χ1n) is 13.8. The normalized spacial score (nSPS) is 19.8. The average Bonchev–Trinajstić information content (AvgIpc) is 3.40. The molecule has 0 spiro atoms. The van der Waals surface area contributed by atoms with E-state index in [1.807, 2.05) is 48.5 Å². The van der Waals surface area contributed by atoms with Crippen molar-refractivity contribution in [3.05, 3.63) is 59.7 Å². The van der Waals surface area contributed by atoms with Gasteiger partial charge >= 0.3 is 0 Å². The van der Waals surface area contributed by atoms with Gasteiger partial charge < -0.3 is 19.1 Å². The number of hydrogen-bond donors (Lipinski definition) is 0. The number of morpholine rings is 1. The molecule has 2 heterocycles. The zero-order chi connectivity index (χ0) is 27.2. The van der Waals surface area contributed by atoms with Crippen LogP contribution in [0.5, 0.6) is 11.5 Å². The molecule has 1 saturated heterocycles. The van der Waals surface area contributed by atoms with Gasteiger partial charge in [0.2, 0.25) is 5.91 Å². The molecular formula is C30H38N4O5. The van der Waals surface area contributed by atoms with E-state index in [0.29, 0.717) is 31.9 Å². The van der Waals surface area contributed by atoms with Crippen molar-refractivity contribution >= 4 is 17.5 Å². The summed E-state index contributed by atoms with van der Waals surface area (Å²) in [6.45, 7) is 4.34. The SMILES string of the molecule is COc1ccc(C2=NN(C(=O)CN(CCN3CCOCC3)C(=O)C3CCC3)C(c3ccccc3OC)C2)cc1. The third-order valence-corrected chi connectivity index (χ3v) is 7.97. The van der Waals surface area contributed by atoms with Crippen molar-refractivity contribution in [2.24, 2.45) is 11.0 Å². The third kappa shape index (κ3) is 6.25.